The first kappa shape index (κ1) is 20.5. The number of urea groups is 1. The number of morpholine rings is 1. The van der Waals surface area contributed by atoms with Gasteiger partial charge in [0.2, 0.25) is 11.8 Å². The third kappa shape index (κ3) is 2.75. The molecule has 2 N–H and O–H groups in total. The number of nitrogens with zero attached hydrogens (tertiary/aromatic N) is 2. The van der Waals surface area contributed by atoms with Crippen LogP contribution in [-0.4, -0.2) is 47.6 Å². The Kier molecular flexibility index (Phi) is 4.52. The molecule has 0 bridgehead atoms. The summed E-state index contributed by atoms with van der Waals surface area (Å²) in [6.45, 7) is 3.59. The number of amides is 4. The van der Waals surface area contributed by atoms with Crippen LogP contribution in [0, 0.1) is 17.0 Å². The fraction of sp³-hybridized carbons (Fsp3) is 0.364. The standard InChI is InChI=1S/C22H20F2N4O4/c1-10-9-28-17-13(6-14(15(23)16(17)24)12-4-3-5-25-8-12)7-22(18(28)11(2)32-10)19(29)26-21(31)27-20(22)30/h3-6,8,10-11,18H,7,9H2,1-2H3,(H2,26,27,29,30,31)/t10-,11+,18-/m1/s1. The molecule has 5 rings (SSSR count). The minimum absolute atomic E-state index is 0.00488. The number of fused-ring (bicyclic) bond motifs is 4. The summed E-state index contributed by atoms with van der Waals surface area (Å²) in [4.78, 5) is 43.5. The Morgan fingerprint density at radius 2 is 1.88 bits per heavy atom. The lowest BCUT2D eigenvalue weighted by molar-refractivity contribution is -0.153. The van der Waals surface area contributed by atoms with Gasteiger partial charge in [-0.2, -0.15) is 0 Å². The normalized spacial score (nSPS) is 26.3. The summed E-state index contributed by atoms with van der Waals surface area (Å²) in [5.41, 5.74) is -1.12. The lowest BCUT2D eigenvalue weighted by Gasteiger charge is -2.55. The molecule has 8 nitrogen and oxygen atoms in total. The molecule has 4 heterocycles. The summed E-state index contributed by atoms with van der Waals surface area (Å²) < 4.78 is 36.6. The third-order valence-corrected chi connectivity index (χ3v) is 6.44. The number of pyridine rings is 1. The highest BCUT2D eigenvalue weighted by Crippen LogP contribution is 2.49. The van der Waals surface area contributed by atoms with Crippen LogP contribution in [0.4, 0.5) is 19.3 Å². The predicted octanol–water partition coefficient (Wildman–Crippen LogP) is 1.92. The molecule has 3 aliphatic heterocycles. The minimum Gasteiger partial charge on any atom is -0.372 e. The average Bonchev–Trinajstić information content (AvgIpc) is 2.74. The van der Waals surface area contributed by atoms with Gasteiger partial charge in [-0.1, -0.05) is 6.07 Å². The van der Waals surface area contributed by atoms with Crippen LogP contribution in [0.2, 0.25) is 0 Å². The number of anilines is 1. The second-order valence-corrected chi connectivity index (χ2v) is 8.44. The van der Waals surface area contributed by atoms with Crippen LogP contribution in [-0.2, 0) is 20.7 Å². The summed E-state index contributed by atoms with van der Waals surface area (Å²) in [5, 5.41) is 4.34. The van der Waals surface area contributed by atoms with Crippen molar-refractivity contribution < 1.29 is 27.9 Å². The van der Waals surface area contributed by atoms with Crippen LogP contribution in [0.5, 0.6) is 0 Å². The molecule has 1 spiro atoms. The molecule has 1 aromatic carbocycles. The number of carbonyl (C=O) groups is 3. The Labute approximate surface area is 181 Å². The van der Waals surface area contributed by atoms with Gasteiger partial charge in [0.05, 0.1) is 23.9 Å². The molecule has 0 saturated carbocycles. The van der Waals surface area contributed by atoms with Gasteiger partial charge in [-0.05, 0) is 31.5 Å². The molecule has 2 aromatic rings. The molecular formula is C22H20F2N4O4. The molecule has 10 heteroatoms. The van der Waals surface area contributed by atoms with E-state index < -0.39 is 47.0 Å². The number of hydrogen-bond acceptors (Lipinski definition) is 6. The van der Waals surface area contributed by atoms with Crippen molar-refractivity contribution >= 4 is 23.5 Å². The largest absolute Gasteiger partial charge is 0.372 e. The highest BCUT2D eigenvalue weighted by atomic mass is 19.2. The second-order valence-electron chi connectivity index (χ2n) is 8.44. The van der Waals surface area contributed by atoms with Crippen LogP contribution in [0.15, 0.2) is 30.6 Å². The van der Waals surface area contributed by atoms with E-state index in [4.69, 9.17) is 4.74 Å². The van der Waals surface area contributed by atoms with Gasteiger partial charge in [0.1, 0.15) is 0 Å². The van der Waals surface area contributed by atoms with E-state index in [1.54, 1.807) is 26.0 Å². The van der Waals surface area contributed by atoms with Crippen LogP contribution < -0.4 is 15.5 Å². The lowest BCUT2D eigenvalue weighted by Crippen LogP contribution is -2.75. The van der Waals surface area contributed by atoms with Crippen molar-refractivity contribution in [2.75, 3.05) is 11.4 Å². The highest BCUT2D eigenvalue weighted by Gasteiger charge is 2.63. The first-order valence-electron chi connectivity index (χ1n) is 10.2. The molecule has 2 saturated heterocycles. The number of halogens is 2. The zero-order chi connectivity index (χ0) is 22.8. The Hall–Kier alpha value is -3.40. The Morgan fingerprint density at radius 3 is 2.53 bits per heavy atom. The molecule has 2 fully saturated rings. The number of benzene rings is 1. The molecule has 166 valence electrons. The van der Waals surface area contributed by atoms with E-state index in [-0.39, 0.29) is 30.3 Å². The van der Waals surface area contributed by atoms with Gasteiger partial charge in [-0.25, -0.2) is 13.6 Å². The van der Waals surface area contributed by atoms with Crippen molar-refractivity contribution in [3.05, 3.63) is 47.8 Å². The van der Waals surface area contributed by atoms with E-state index in [0.717, 1.165) is 0 Å². The predicted molar refractivity (Wildman–Crippen MR) is 109 cm³/mol. The van der Waals surface area contributed by atoms with E-state index in [9.17, 15) is 14.4 Å². The average molecular weight is 442 g/mol. The molecule has 0 aliphatic carbocycles. The number of nitrogens with one attached hydrogen (secondary N) is 2. The van der Waals surface area contributed by atoms with Crippen LogP contribution in [0.25, 0.3) is 11.1 Å². The van der Waals surface area contributed by atoms with Crippen LogP contribution >= 0.6 is 0 Å². The monoisotopic (exact) mass is 442 g/mol. The number of ether oxygens (including phenoxy) is 1. The van der Waals surface area contributed by atoms with E-state index in [2.05, 4.69) is 15.6 Å². The van der Waals surface area contributed by atoms with Crippen molar-refractivity contribution in [3.8, 4) is 11.1 Å². The highest BCUT2D eigenvalue weighted by molar-refractivity contribution is 6.20. The number of hydrogen-bond donors (Lipinski definition) is 2. The maximum Gasteiger partial charge on any atom is 0.328 e. The van der Waals surface area contributed by atoms with Gasteiger partial charge in [0.15, 0.2) is 17.0 Å². The summed E-state index contributed by atoms with van der Waals surface area (Å²) in [5.74, 6) is -3.67. The van der Waals surface area contributed by atoms with Gasteiger partial charge < -0.3 is 9.64 Å². The maximum absolute atomic E-state index is 15.5. The zero-order valence-electron chi connectivity index (χ0n) is 17.3. The van der Waals surface area contributed by atoms with E-state index in [1.807, 2.05) is 0 Å². The molecule has 4 amide bonds. The second kappa shape index (κ2) is 7.06. The van der Waals surface area contributed by atoms with E-state index in [0.29, 0.717) is 11.1 Å². The van der Waals surface area contributed by atoms with Crippen molar-refractivity contribution in [1.82, 2.24) is 15.6 Å². The number of rotatable bonds is 1. The van der Waals surface area contributed by atoms with Crippen molar-refractivity contribution in [3.63, 3.8) is 0 Å². The summed E-state index contributed by atoms with van der Waals surface area (Å²) >= 11 is 0. The smallest absolute Gasteiger partial charge is 0.328 e. The zero-order valence-corrected chi connectivity index (χ0v) is 17.3. The van der Waals surface area contributed by atoms with Crippen LogP contribution in [0.1, 0.15) is 19.4 Å². The van der Waals surface area contributed by atoms with E-state index in [1.165, 1.54) is 23.4 Å². The molecule has 32 heavy (non-hydrogen) atoms. The number of imide groups is 2. The number of carbonyl (C=O) groups excluding carboxylic acids is 3. The maximum atomic E-state index is 15.5. The quantitative estimate of drug-likeness (QED) is 0.655. The molecular weight excluding hydrogens is 422 g/mol. The summed E-state index contributed by atoms with van der Waals surface area (Å²) in [6.07, 6.45) is 1.67. The number of barbiturate groups is 1. The third-order valence-electron chi connectivity index (χ3n) is 6.44. The SMILES string of the molecule is C[C@@H]1CN2c3c(cc(-c4cccnc4)c(F)c3F)CC3(C(=O)NC(=O)NC3=O)[C@H]2[C@H](C)O1. The Morgan fingerprint density at radius 1 is 1.16 bits per heavy atom. The number of aromatic nitrogens is 1. The topological polar surface area (TPSA) is 101 Å². The molecule has 0 radical (unpaired) electrons. The fourth-order valence-electron chi connectivity index (χ4n) is 5.27. The summed E-state index contributed by atoms with van der Waals surface area (Å²) in [6, 6.07) is 2.79. The Bertz CT molecular complexity index is 1140. The van der Waals surface area contributed by atoms with Crippen LogP contribution in [0.3, 0.4) is 0 Å². The van der Waals surface area contributed by atoms with Crippen molar-refractivity contribution in [2.24, 2.45) is 5.41 Å². The fourth-order valence-corrected chi connectivity index (χ4v) is 5.27. The van der Waals surface area contributed by atoms with Crippen molar-refractivity contribution in [1.29, 1.82) is 0 Å². The van der Waals surface area contributed by atoms with Crippen molar-refractivity contribution in [2.45, 2.75) is 38.5 Å². The van der Waals surface area contributed by atoms with E-state index >= 15 is 8.78 Å². The first-order chi connectivity index (χ1) is 15.2. The van der Waals surface area contributed by atoms with Gasteiger partial charge in [-0.3, -0.25) is 25.2 Å². The molecule has 3 aliphatic rings. The van der Waals surface area contributed by atoms with Gasteiger partial charge >= 0.3 is 6.03 Å². The summed E-state index contributed by atoms with van der Waals surface area (Å²) in [7, 11) is 0. The molecule has 3 atom stereocenters. The lowest BCUT2D eigenvalue weighted by atomic mass is 9.66. The van der Waals surface area contributed by atoms with Gasteiger partial charge in [0.25, 0.3) is 0 Å². The Balaban J connectivity index is 1.76. The first-order valence-corrected chi connectivity index (χ1v) is 10.2. The van der Waals surface area contributed by atoms with Gasteiger partial charge in [-0.15, -0.1) is 0 Å². The van der Waals surface area contributed by atoms with Gasteiger partial charge in [0, 0.05) is 36.5 Å². The minimum atomic E-state index is -1.75. The molecule has 1 aromatic heterocycles. The molecule has 0 unspecified atom stereocenters.